The Kier molecular flexibility index (Phi) is 3.73. The van der Waals surface area contributed by atoms with Crippen molar-refractivity contribution in [3.63, 3.8) is 0 Å². The molecule has 0 bridgehead atoms. The lowest BCUT2D eigenvalue weighted by Crippen LogP contribution is -1.98. The molecule has 0 aliphatic heterocycles. The molecule has 0 aliphatic carbocycles. The Labute approximate surface area is 128 Å². The highest BCUT2D eigenvalue weighted by Crippen LogP contribution is 2.27. The van der Waals surface area contributed by atoms with Gasteiger partial charge in [0.2, 0.25) is 0 Å². The van der Waals surface area contributed by atoms with Crippen LogP contribution in [0.5, 0.6) is 0 Å². The third-order valence-electron chi connectivity index (χ3n) is 2.53. The second-order valence-electron chi connectivity index (χ2n) is 4.07. The van der Waals surface area contributed by atoms with Crippen molar-refractivity contribution in [2.24, 2.45) is 0 Å². The molecule has 0 fully saturated rings. The van der Waals surface area contributed by atoms with Crippen LogP contribution in [0.1, 0.15) is 11.5 Å². The lowest BCUT2D eigenvalue weighted by atomic mass is 10.4. The van der Waals surface area contributed by atoms with E-state index in [1.165, 1.54) is 11.8 Å². The molecule has 0 radical (unpaired) electrons. The van der Waals surface area contributed by atoms with E-state index in [2.05, 4.69) is 19.9 Å². The van der Waals surface area contributed by atoms with Crippen LogP contribution in [0.15, 0.2) is 22.7 Å². The highest BCUT2D eigenvalue weighted by molar-refractivity contribution is 7.98. The summed E-state index contributed by atoms with van der Waals surface area (Å²) in [4.78, 5) is 18.1. The summed E-state index contributed by atoms with van der Waals surface area (Å²) in [5.41, 5.74) is 6.75. The minimum atomic E-state index is 0.447. The molecule has 3 aromatic rings. The molecule has 2 N–H and O–H groups in total. The Hall–Kier alpha value is -1.44. The third-order valence-corrected chi connectivity index (χ3v) is 4.38. The summed E-state index contributed by atoms with van der Waals surface area (Å²) >= 11 is 8.90. The number of aromatic nitrogens is 4. The van der Waals surface area contributed by atoms with Crippen molar-refractivity contribution in [1.82, 2.24) is 19.9 Å². The molecule has 5 nitrogen and oxygen atoms in total. The number of halogens is 1. The van der Waals surface area contributed by atoms with Gasteiger partial charge in [0.15, 0.2) is 5.16 Å². The second kappa shape index (κ2) is 5.51. The third kappa shape index (κ3) is 2.84. The Balaban J connectivity index is 1.82. The highest BCUT2D eigenvalue weighted by Gasteiger charge is 2.08. The van der Waals surface area contributed by atoms with Gasteiger partial charge < -0.3 is 5.73 Å². The van der Waals surface area contributed by atoms with Crippen molar-refractivity contribution in [2.45, 2.75) is 17.8 Å². The van der Waals surface area contributed by atoms with E-state index in [-0.39, 0.29) is 0 Å². The van der Waals surface area contributed by atoms with Crippen molar-refractivity contribution < 1.29 is 0 Å². The average Bonchev–Trinajstić information content (AvgIpc) is 2.84. The number of fused-ring (bicyclic) bond motifs is 1. The Morgan fingerprint density at radius 1 is 1.30 bits per heavy atom. The highest BCUT2D eigenvalue weighted by atomic mass is 35.5. The first-order chi connectivity index (χ1) is 9.61. The number of hydrogen-bond acceptors (Lipinski definition) is 7. The van der Waals surface area contributed by atoms with Crippen LogP contribution in [0, 0.1) is 6.92 Å². The van der Waals surface area contributed by atoms with Crippen molar-refractivity contribution >= 4 is 50.7 Å². The predicted octanol–water partition coefficient (Wildman–Crippen LogP) is 3.32. The molecule has 3 aromatic heterocycles. The molecule has 0 unspecified atom stereocenters. The van der Waals surface area contributed by atoms with Gasteiger partial charge in [0.05, 0.1) is 11.1 Å². The van der Waals surface area contributed by atoms with Gasteiger partial charge in [-0.15, -0.1) is 11.3 Å². The average molecular weight is 324 g/mol. The summed E-state index contributed by atoms with van der Waals surface area (Å²) in [5.74, 6) is 1.72. The summed E-state index contributed by atoms with van der Waals surface area (Å²) in [5, 5.41) is 3.92. The van der Waals surface area contributed by atoms with E-state index in [0.717, 1.165) is 15.9 Å². The number of nitrogens with two attached hydrogens (primary N) is 1. The summed E-state index contributed by atoms with van der Waals surface area (Å²) in [6.07, 6.45) is 0. The van der Waals surface area contributed by atoms with Gasteiger partial charge in [-0.2, -0.15) is 0 Å². The SMILES string of the molecule is Cc1cc(Cl)nc(CSc2nc(N)c3ccsc3n2)n1. The zero-order valence-corrected chi connectivity index (χ0v) is 12.9. The van der Waals surface area contributed by atoms with Gasteiger partial charge in [0.25, 0.3) is 0 Å². The number of rotatable bonds is 3. The normalized spacial score (nSPS) is 11.1. The van der Waals surface area contributed by atoms with Crippen LogP contribution in [0.2, 0.25) is 5.15 Å². The molecule has 0 spiro atoms. The maximum Gasteiger partial charge on any atom is 0.191 e. The summed E-state index contributed by atoms with van der Waals surface area (Å²) in [7, 11) is 0. The molecule has 0 aliphatic rings. The van der Waals surface area contributed by atoms with Crippen LogP contribution in [-0.4, -0.2) is 19.9 Å². The van der Waals surface area contributed by atoms with E-state index in [9.17, 15) is 0 Å². The largest absolute Gasteiger partial charge is 0.383 e. The Morgan fingerprint density at radius 2 is 2.15 bits per heavy atom. The summed E-state index contributed by atoms with van der Waals surface area (Å²) in [6, 6.07) is 3.65. The molecular formula is C12H10ClN5S2. The van der Waals surface area contributed by atoms with Crippen molar-refractivity contribution in [3.05, 3.63) is 34.2 Å². The monoisotopic (exact) mass is 323 g/mol. The fourth-order valence-electron chi connectivity index (χ4n) is 1.70. The van der Waals surface area contributed by atoms with Crippen LogP contribution in [0.4, 0.5) is 5.82 Å². The maximum absolute atomic E-state index is 5.91. The van der Waals surface area contributed by atoms with Crippen LogP contribution in [0.3, 0.4) is 0 Å². The van der Waals surface area contributed by atoms with Gasteiger partial charge in [-0.3, -0.25) is 0 Å². The van der Waals surface area contributed by atoms with E-state index in [1.54, 1.807) is 17.4 Å². The molecule has 20 heavy (non-hydrogen) atoms. The summed E-state index contributed by atoms with van der Waals surface area (Å²) in [6.45, 7) is 1.88. The van der Waals surface area contributed by atoms with Crippen molar-refractivity contribution in [3.8, 4) is 0 Å². The van der Waals surface area contributed by atoms with E-state index in [1.807, 2.05) is 18.4 Å². The number of nitrogen functional groups attached to an aromatic ring is 1. The predicted molar refractivity (Wildman–Crippen MR) is 83.2 cm³/mol. The smallest absolute Gasteiger partial charge is 0.191 e. The second-order valence-corrected chi connectivity index (χ2v) is 6.29. The van der Waals surface area contributed by atoms with Crippen LogP contribution >= 0.6 is 34.7 Å². The molecule has 8 heteroatoms. The van der Waals surface area contributed by atoms with Gasteiger partial charge in [-0.05, 0) is 24.4 Å². The first-order valence-corrected chi connectivity index (χ1v) is 8.00. The number of nitrogens with zero attached hydrogens (tertiary/aromatic N) is 4. The number of hydrogen-bond donors (Lipinski definition) is 1. The maximum atomic E-state index is 5.91. The number of anilines is 1. The lowest BCUT2D eigenvalue weighted by molar-refractivity contribution is 0.978. The summed E-state index contributed by atoms with van der Waals surface area (Å²) < 4.78 is 0. The van der Waals surface area contributed by atoms with Gasteiger partial charge in [-0.1, -0.05) is 23.4 Å². The van der Waals surface area contributed by atoms with Crippen LogP contribution in [-0.2, 0) is 5.75 Å². The molecule has 0 aromatic carbocycles. The topological polar surface area (TPSA) is 77.6 Å². The molecule has 0 atom stereocenters. The first-order valence-electron chi connectivity index (χ1n) is 5.75. The van der Waals surface area contributed by atoms with E-state index < -0.39 is 0 Å². The standard InChI is InChI=1S/C12H10ClN5S2/c1-6-4-8(13)16-9(15-6)5-20-12-17-10(14)7-2-3-19-11(7)18-12/h2-4H,5H2,1H3,(H2,14,17,18). The molecule has 3 heterocycles. The molecule has 102 valence electrons. The van der Waals surface area contributed by atoms with Crippen molar-refractivity contribution in [1.29, 1.82) is 0 Å². The first kappa shape index (κ1) is 13.5. The molecule has 3 rings (SSSR count). The minimum Gasteiger partial charge on any atom is -0.383 e. The van der Waals surface area contributed by atoms with Crippen LogP contribution < -0.4 is 5.73 Å². The van der Waals surface area contributed by atoms with E-state index in [4.69, 9.17) is 17.3 Å². The van der Waals surface area contributed by atoms with E-state index >= 15 is 0 Å². The van der Waals surface area contributed by atoms with Gasteiger partial charge in [-0.25, -0.2) is 19.9 Å². The quantitative estimate of drug-likeness (QED) is 0.452. The zero-order valence-electron chi connectivity index (χ0n) is 10.5. The Morgan fingerprint density at radius 3 is 2.95 bits per heavy atom. The number of aryl methyl sites for hydroxylation is 1. The van der Waals surface area contributed by atoms with Crippen molar-refractivity contribution in [2.75, 3.05) is 5.73 Å². The lowest BCUT2D eigenvalue weighted by Gasteiger charge is -2.03. The fourth-order valence-corrected chi connectivity index (χ4v) is 3.50. The minimum absolute atomic E-state index is 0.447. The molecule has 0 amide bonds. The Bertz CT molecular complexity index is 753. The van der Waals surface area contributed by atoms with Crippen LogP contribution in [0.25, 0.3) is 10.2 Å². The van der Waals surface area contributed by atoms with Gasteiger partial charge >= 0.3 is 0 Å². The fraction of sp³-hybridized carbons (Fsp3) is 0.167. The number of thiophene rings is 1. The molecular weight excluding hydrogens is 314 g/mol. The van der Waals surface area contributed by atoms with E-state index in [0.29, 0.717) is 27.7 Å². The molecule has 0 saturated heterocycles. The number of thioether (sulfide) groups is 1. The zero-order chi connectivity index (χ0) is 14.1. The van der Waals surface area contributed by atoms with Gasteiger partial charge in [0, 0.05) is 5.69 Å². The van der Waals surface area contributed by atoms with Gasteiger partial charge in [0.1, 0.15) is 21.6 Å². The molecule has 0 saturated carbocycles.